The normalized spacial score (nSPS) is 16.4. The van der Waals surface area contributed by atoms with Gasteiger partial charge in [0.25, 0.3) is 0 Å². The Labute approximate surface area is 202 Å². The Bertz CT molecular complexity index is 1420. The fourth-order valence-corrected chi connectivity index (χ4v) is 6.11. The van der Waals surface area contributed by atoms with Gasteiger partial charge < -0.3 is 4.90 Å². The van der Waals surface area contributed by atoms with Crippen LogP contribution in [-0.4, -0.2) is 31.9 Å². The highest BCUT2D eigenvalue weighted by molar-refractivity contribution is 7.18. The van der Waals surface area contributed by atoms with Crippen molar-refractivity contribution in [2.24, 2.45) is 0 Å². The number of nitrogens with zero attached hydrogens (tertiary/aromatic N) is 4. The number of rotatable bonds is 5. The minimum atomic E-state index is 0.0755. The Morgan fingerprint density at radius 1 is 0.882 bits per heavy atom. The summed E-state index contributed by atoms with van der Waals surface area (Å²) in [5, 5.41) is 1.06. The van der Waals surface area contributed by atoms with Crippen LogP contribution < -0.4 is 0 Å². The topological polar surface area (TPSA) is 51.0 Å². The Hall–Kier alpha value is -3.51. The largest absolute Gasteiger partial charge is 0.333 e. The van der Waals surface area contributed by atoms with E-state index >= 15 is 0 Å². The predicted octanol–water partition coefficient (Wildman–Crippen LogP) is 6.32. The molecule has 6 rings (SSSR count). The van der Waals surface area contributed by atoms with Crippen LogP contribution in [0.25, 0.3) is 26.9 Å². The number of likely N-dealkylation sites (tertiary alicyclic amines) is 1. The molecule has 1 amide bonds. The van der Waals surface area contributed by atoms with Crippen LogP contribution in [0.3, 0.4) is 0 Å². The number of piperidine rings is 1. The van der Waals surface area contributed by atoms with E-state index in [4.69, 9.17) is 9.97 Å². The summed E-state index contributed by atoms with van der Waals surface area (Å²) in [5.41, 5.74) is 4.13. The smallest absolute Gasteiger partial charge is 0.223 e. The minimum Gasteiger partial charge on any atom is -0.333 e. The average Bonchev–Trinajstić information content (AvgIpc) is 3.49. The van der Waals surface area contributed by atoms with Crippen molar-refractivity contribution >= 4 is 38.5 Å². The van der Waals surface area contributed by atoms with E-state index in [0.717, 1.165) is 58.9 Å². The standard InChI is InChI=1S/C28H26N4OS/c33-27(31-19-9-8-15-24(31)28-30-22-13-5-7-16-25(22)34-28)18-17-26-29-21-12-4-6-14-23(21)32(26)20-10-2-1-3-11-20/h1-7,10-14,16,24H,8-9,15,17-19H2. The number of hydrogen-bond acceptors (Lipinski definition) is 4. The molecule has 0 saturated carbocycles. The molecule has 0 spiro atoms. The molecule has 3 heterocycles. The van der Waals surface area contributed by atoms with E-state index in [-0.39, 0.29) is 11.9 Å². The van der Waals surface area contributed by atoms with Crippen LogP contribution >= 0.6 is 11.3 Å². The molecule has 0 radical (unpaired) electrons. The first kappa shape index (κ1) is 21.1. The van der Waals surface area contributed by atoms with Gasteiger partial charge in [0, 0.05) is 25.1 Å². The number of para-hydroxylation sites is 4. The van der Waals surface area contributed by atoms with E-state index in [9.17, 15) is 4.79 Å². The third-order valence-corrected chi connectivity index (χ3v) is 7.76. The van der Waals surface area contributed by atoms with Gasteiger partial charge in [-0.15, -0.1) is 11.3 Å². The van der Waals surface area contributed by atoms with E-state index in [2.05, 4.69) is 39.8 Å². The number of fused-ring (bicyclic) bond motifs is 2. The number of aryl methyl sites for hydroxylation is 1. The Balaban J connectivity index is 1.27. The van der Waals surface area contributed by atoms with Crippen LogP contribution in [0, 0.1) is 0 Å². The number of imidazole rings is 1. The van der Waals surface area contributed by atoms with Crippen molar-refractivity contribution in [3.8, 4) is 5.69 Å². The maximum absolute atomic E-state index is 13.5. The van der Waals surface area contributed by atoms with Gasteiger partial charge in [-0.25, -0.2) is 9.97 Å². The molecule has 6 heteroatoms. The van der Waals surface area contributed by atoms with Gasteiger partial charge >= 0.3 is 0 Å². The quantitative estimate of drug-likeness (QED) is 0.304. The number of benzene rings is 3. The van der Waals surface area contributed by atoms with Gasteiger partial charge in [0.1, 0.15) is 10.8 Å². The van der Waals surface area contributed by atoms with Crippen molar-refractivity contribution in [2.75, 3.05) is 6.54 Å². The summed E-state index contributed by atoms with van der Waals surface area (Å²) in [6.07, 6.45) is 4.21. The minimum absolute atomic E-state index is 0.0755. The highest BCUT2D eigenvalue weighted by Gasteiger charge is 2.30. The zero-order chi connectivity index (χ0) is 22.9. The number of carbonyl (C=O) groups is 1. The third-order valence-electron chi connectivity index (χ3n) is 6.63. The maximum Gasteiger partial charge on any atom is 0.223 e. The van der Waals surface area contributed by atoms with E-state index in [1.54, 1.807) is 11.3 Å². The summed E-state index contributed by atoms with van der Waals surface area (Å²) >= 11 is 1.72. The fraction of sp³-hybridized carbons (Fsp3) is 0.250. The third kappa shape index (κ3) is 3.88. The Morgan fingerprint density at radius 2 is 1.65 bits per heavy atom. The molecular formula is C28H26N4OS. The van der Waals surface area contributed by atoms with Crippen molar-refractivity contribution in [3.63, 3.8) is 0 Å². The lowest BCUT2D eigenvalue weighted by atomic mass is 10.0. The number of hydrogen-bond donors (Lipinski definition) is 0. The summed E-state index contributed by atoms with van der Waals surface area (Å²) in [5.74, 6) is 1.12. The monoisotopic (exact) mass is 466 g/mol. The van der Waals surface area contributed by atoms with Crippen LogP contribution in [0.2, 0.25) is 0 Å². The molecule has 1 aliphatic rings. The SMILES string of the molecule is O=C(CCc1nc2ccccc2n1-c1ccccc1)N1CCCCC1c1nc2ccccc2s1. The van der Waals surface area contributed by atoms with Gasteiger partial charge in [0.05, 0.1) is 27.3 Å². The van der Waals surface area contributed by atoms with E-state index < -0.39 is 0 Å². The van der Waals surface area contributed by atoms with Crippen molar-refractivity contribution in [3.05, 3.63) is 89.7 Å². The van der Waals surface area contributed by atoms with Crippen LogP contribution in [0.15, 0.2) is 78.9 Å². The van der Waals surface area contributed by atoms with Crippen LogP contribution in [-0.2, 0) is 11.2 Å². The molecule has 1 saturated heterocycles. The molecule has 1 atom stereocenters. The molecular weight excluding hydrogens is 440 g/mol. The molecule has 1 unspecified atom stereocenters. The number of carbonyl (C=O) groups excluding carboxylic acids is 1. The molecule has 170 valence electrons. The molecule has 5 aromatic rings. The molecule has 3 aromatic carbocycles. The van der Waals surface area contributed by atoms with Crippen LogP contribution in [0.1, 0.15) is 42.6 Å². The maximum atomic E-state index is 13.5. The highest BCUT2D eigenvalue weighted by Crippen LogP contribution is 2.36. The molecule has 1 aliphatic heterocycles. The predicted molar refractivity (Wildman–Crippen MR) is 137 cm³/mol. The van der Waals surface area contributed by atoms with Crippen molar-refractivity contribution in [1.29, 1.82) is 0 Å². The summed E-state index contributed by atoms with van der Waals surface area (Å²) in [4.78, 5) is 25.3. The summed E-state index contributed by atoms with van der Waals surface area (Å²) in [6, 6.07) is 26.8. The number of aromatic nitrogens is 3. The van der Waals surface area contributed by atoms with Gasteiger partial charge in [-0.1, -0.05) is 42.5 Å². The molecule has 0 aliphatic carbocycles. The number of thiazole rings is 1. The first-order chi connectivity index (χ1) is 16.8. The molecule has 2 aromatic heterocycles. The van der Waals surface area contributed by atoms with E-state index in [0.29, 0.717) is 12.8 Å². The Morgan fingerprint density at radius 3 is 2.50 bits per heavy atom. The first-order valence-corrected chi connectivity index (χ1v) is 12.8. The molecule has 34 heavy (non-hydrogen) atoms. The second kappa shape index (κ2) is 9.03. The summed E-state index contributed by atoms with van der Waals surface area (Å²) in [7, 11) is 0. The zero-order valence-corrected chi connectivity index (χ0v) is 19.7. The lowest BCUT2D eigenvalue weighted by molar-refractivity contribution is -0.135. The molecule has 0 bridgehead atoms. The Kier molecular flexibility index (Phi) is 5.59. The van der Waals surface area contributed by atoms with Crippen molar-refractivity contribution < 1.29 is 4.79 Å². The lowest BCUT2D eigenvalue weighted by Gasteiger charge is -2.34. The van der Waals surface area contributed by atoms with Crippen LogP contribution in [0.4, 0.5) is 0 Å². The first-order valence-electron chi connectivity index (χ1n) is 11.9. The summed E-state index contributed by atoms with van der Waals surface area (Å²) < 4.78 is 3.37. The highest BCUT2D eigenvalue weighted by atomic mass is 32.1. The number of amides is 1. The van der Waals surface area contributed by atoms with Crippen molar-refractivity contribution in [2.45, 2.75) is 38.1 Å². The van der Waals surface area contributed by atoms with Crippen LogP contribution in [0.5, 0.6) is 0 Å². The van der Waals surface area contributed by atoms with Gasteiger partial charge in [-0.2, -0.15) is 0 Å². The zero-order valence-electron chi connectivity index (χ0n) is 18.9. The summed E-state index contributed by atoms with van der Waals surface area (Å²) in [6.45, 7) is 0.800. The second-order valence-corrected chi connectivity index (χ2v) is 9.87. The van der Waals surface area contributed by atoms with Gasteiger partial charge in [0.15, 0.2) is 0 Å². The van der Waals surface area contributed by atoms with E-state index in [1.165, 1.54) is 4.70 Å². The van der Waals surface area contributed by atoms with Gasteiger partial charge in [-0.05, 0) is 55.7 Å². The average molecular weight is 467 g/mol. The molecule has 0 N–H and O–H groups in total. The molecule has 5 nitrogen and oxygen atoms in total. The van der Waals surface area contributed by atoms with Crippen molar-refractivity contribution in [1.82, 2.24) is 19.4 Å². The fourth-order valence-electron chi connectivity index (χ4n) is 4.99. The van der Waals surface area contributed by atoms with Gasteiger partial charge in [0.2, 0.25) is 5.91 Å². The van der Waals surface area contributed by atoms with Gasteiger partial charge in [-0.3, -0.25) is 9.36 Å². The van der Waals surface area contributed by atoms with E-state index in [1.807, 2.05) is 48.5 Å². The lowest BCUT2D eigenvalue weighted by Crippen LogP contribution is -2.38. The second-order valence-electron chi connectivity index (χ2n) is 8.81. The molecule has 1 fully saturated rings.